The first-order chi connectivity index (χ1) is 11.7. The van der Waals surface area contributed by atoms with Crippen molar-refractivity contribution in [3.63, 3.8) is 0 Å². The zero-order valence-corrected chi connectivity index (χ0v) is 16.7. The van der Waals surface area contributed by atoms with E-state index in [9.17, 15) is 13.2 Å². The predicted octanol–water partition coefficient (Wildman–Crippen LogP) is 3.08. The van der Waals surface area contributed by atoms with E-state index in [4.69, 9.17) is 4.74 Å². The van der Waals surface area contributed by atoms with Gasteiger partial charge in [0.1, 0.15) is 10.5 Å². The number of sulfonamides is 1. The number of rotatable bonds is 5. The van der Waals surface area contributed by atoms with Crippen LogP contribution in [0.5, 0.6) is 0 Å². The summed E-state index contributed by atoms with van der Waals surface area (Å²) < 4.78 is 32.1. The normalized spacial score (nSPS) is 17.1. The van der Waals surface area contributed by atoms with Crippen LogP contribution in [0.2, 0.25) is 0 Å². The van der Waals surface area contributed by atoms with Crippen LogP contribution in [-0.4, -0.2) is 48.1 Å². The molecule has 8 heteroatoms. The van der Waals surface area contributed by atoms with Crippen molar-refractivity contribution in [3.05, 3.63) is 18.3 Å². The van der Waals surface area contributed by atoms with Crippen LogP contribution >= 0.6 is 11.8 Å². The Kier molecular flexibility index (Phi) is 6.87. The van der Waals surface area contributed by atoms with Crippen LogP contribution in [-0.2, 0) is 19.6 Å². The third-order valence-electron chi connectivity index (χ3n) is 3.67. The molecule has 0 atom stereocenters. The van der Waals surface area contributed by atoms with Crippen LogP contribution in [0.4, 0.5) is 0 Å². The molecule has 1 aliphatic heterocycles. The molecule has 0 amide bonds. The second kappa shape index (κ2) is 8.51. The van der Waals surface area contributed by atoms with Gasteiger partial charge in [0.15, 0.2) is 0 Å². The first-order valence-corrected chi connectivity index (χ1v) is 10.9. The summed E-state index contributed by atoms with van der Waals surface area (Å²) in [5, 5.41) is 0.598. The maximum atomic E-state index is 12.7. The molecule has 0 aliphatic carbocycles. The molecule has 0 saturated carbocycles. The van der Waals surface area contributed by atoms with Crippen molar-refractivity contribution in [2.45, 2.75) is 62.0 Å². The fourth-order valence-corrected chi connectivity index (χ4v) is 4.62. The molecule has 1 fully saturated rings. The van der Waals surface area contributed by atoms with Crippen molar-refractivity contribution >= 4 is 27.8 Å². The van der Waals surface area contributed by atoms with E-state index >= 15 is 0 Å². The number of hydrogen-bond acceptors (Lipinski definition) is 6. The quantitative estimate of drug-likeness (QED) is 0.572. The topological polar surface area (TPSA) is 76.6 Å². The Hall–Kier alpha value is -1.12. The molecule has 2 heterocycles. The van der Waals surface area contributed by atoms with E-state index in [1.807, 2.05) is 20.8 Å². The maximum Gasteiger partial charge on any atom is 0.316 e. The summed E-state index contributed by atoms with van der Waals surface area (Å²) in [6, 6.07) is 3.20. The van der Waals surface area contributed by atoms with Gasteiger partial charge in [-0.2, -0.15) is 4.31 Å². The largest absolute Gasteiger partial charge is 0.459 e. The van der Waals surface area contributed by atoms with Crippen LogP contribution in [0.3, 0.4) is 0 Å². The highest BCUT2D eigenvalue weighted by Crippen LogP contribution is 2.22. The number of pyridine rings is 1. The summed E-state index contributed by atoms with van der Waals surface area (Å²) in [5.74, 6) is -0.178. The van der Waals surface area contributed by atoms with Gasteiger partial charge in [-0.05, 0) is 45.7 Å². The molecule has 1 aromatic rings. The Morgan fingerprint density at radius 2 is 1.84 bits per heavy atom. The highest BCUT2D eigenvalue weighted by atomic mass is 32.2. The molecule has 1 aromatic heterocycles. The van der Waals surface area contributed by atoms with Gasteiger partial charge in [-0.25, -0.2) is 13.4 Å². The highest BCUT2D eigenvalue weighted by Gasteiger charge is 2.25. The lowest BCUT2D eigenvalue weighted by molar-refractivity contribution is -0.151. The van der Waals surface area contributed by atoms with E-state index < -0.39 is 15.6 Å². The van der Waals surface area contributed by atoms with Gasteiger partial charge in [-0.15, -0.1) is 0 Å². The molecule has 6 nitrogen and oxygen atoms in total. The van der Waals surface area contributed by atoms with E-state index in [0.29, 0.717) is 18.1 Å². The zero-order valence-electron chi connectivity index (χ0n) is 15.0. The minimum Gasteiger partial charge on any atom is -0.459 e. The Bertz CT molecular complexity index is 674. The monoisotopic (exact) mass is 386 g/mol. The van der Waals surface area contributed by atoms with Crippen LogP contribution in [0.25, 0.3) is 0 Å². The van der Waals surface area contributed by atoms with E-state index in [0.717, 1.165) is 25.7 Å². The van der Waals surface area contributed by atoms with Gasteiger partial charge >= 0.3 is 5.97 Å². The average molecular weight is 387 g/mol. The molecular weight excluding hydrogens is 360 g/mol. The molecule has 0 aromatic carbocycles. The van der Waals surface area contributed by atoms with E-state index in [2.05, 4.69) is 4.98 Å². The minimum absolute atomic E-state index is 0.141. The second-order valence-corrected chi connectivity index (χ2v) is 9.96. The summed E-state index contributed by atoms with van der Waals surface area (Å²) in [5.41, 5.74) is -0.518. The molecule has 0 unspecified atom stereocenters. The Morgan fingerprint density at radius 1 is 1.20 bits per heavy atom. The van der Waals surface area contributed by atoms with E-state index in [1.165, 1.54) is 18.0 Å². The smallest absolute Gasteiger partial charge is 0.316 e. The van der Waals surface area contributed by atoms with Gasteiger partial charge < -0.3 is 4.74 Å². The van der Waals surface area contributed by atoms with Crippen molar-refractivity contribution in [1.29, 1.82) is 0 Å². The van der Waals surface area contributed by atoms with Gasteiger partial charge in [0.25, 0.3) is 0 Å². The summed E-state index contributed by atoms with van der Waals surface area (Å²) in [7, 11) is -3.49. The van der Waals surface area contributed by atoms with Crippen LogP contribution in [0.15, 0.2) is 28.3 Å². The predicted molar refractivity (Wildman–Crippen MR) is 98.0 cm³/mol. The van der Waals surface area contributed by atoms with Crippen LogP contribution < -0.4 is 0 Å². The number of thioether (sulfide) groups is 1. The number of ether oxygens (including phenoxy) is 1. The summed E-state index contributed by atoms with van der Waals surface area (Å²) in [6.45, 7) is 6.58. The van der Waals surface area contributed by atoms with Gasteiger partial charge in [0.05, 0.1) is 10.8 Å². The van der Waals surface area contributed by atoms with Gasteiger partial charge in [0, 0.05) is 19.3 Å². The standard InChI is InChI=1S/C17H26N2O4S2/c1-17(2,3)23-16(20)13-24-15-9-8-14(12-18-15)25(21,22)19-10-6-4-5-7-11-19/h8-9,12H,4-7,10-11,13H2,1-3H3. The lowest BCUT2D eigenvalue weighted by Gasteiger charge is -2.20. The first kappa shape index (κ1) is 20.2. The Labute approximate surface area is 154 Å². The summed E-state index contributed by atoms with van der Waals surface area (Å²) in [6.07, 6.45) is 5.32. The van der Waals surface area contributed by atoms with Crippen molar-refractivity contribution in [2.24, 2.45) is 0 Å². The maximum absolute atomic E-state index is 12.7. The molecular formula is C17H26N2O4S2. The fraction of sp³-hybridized carbons (Fsp3) is 0.647. The number of carbonyl (C=O) groups excluding carboxylic acids is 1. The molecule has 0 spiro atoms. The molecule has 1 saturated heterocycles. The number of hydrogen-bond donors (Lipinski definition) is 0. The van der Waals surface area contributed by atoms with Gasteiger partial charge in [-0.1, -0.05) is 24.6 Å². The molecule has 1 aliphatic rings. The lowest BCUT2D eigenvalue weighted by Crippen LogP contribution is -2.32. The van der Waals surface area contributed by atoms with Crippen LogP contribution in [0, 0.1) is 0 Å². The van der Waals surface area contributed by atoms with Gasteiger partial charge in [0.2, 0.25) is 10.0 Å². The molecule has 0 N–H and O–H groups in total. The van der Waals surface area contributed by atoms with E-state index in [-0.39, 0.29) is 16.6 Å². The molecule has 0 radical (unpaired) electrons. The molecule has 25 heavy (non-hydrogen) atoms. The summed E-state index contributed by atoms with van der Waals surface area (Å²) >= 11 is 1.23. The van der Waals surface area contributed by atoms with E-state index in [1.54, 1.807) is 16.4 Å². The SMILES string of the molecule is CC(C)(C)OC(=O)CSc1ccc(S(=O)(=O)N2CCCCCC2)cn1. The Balaban J connectivity index is 1.98. The second-order valence-electron chi connectivity index (χ2n) is 7.03. The number of aromatic nitrogens is 1. The number of nitrogens with zero attached hydrogens (tertiary/aromatic N) is 2. The first-order valence-electron chi connectivity index (χ1n) is 8.49. The van der Waals surface area contributed by atoms with Crippen LogP contribution in [0.1, 0.15) is 46.5 Å². The van der Waals surface area contributed by atoms with Crippen molar-refractivity contribution in [3.8, 4) is 0 Å². The van der Waals surface area contributed by atoms with Crippen molar-refractivity contribution < 1.29 is 17.9 Å². The van der Waals surface area contributed by atoms with Crippen molar-refractivity contribution in [2.75, 3.05) is 18.8 Å². The molecule has 0 bridgehead atoms. The zero-order chi connectivity index (χ0) is 18.5. The number of esters is 1. The number of carbonyl (C=O) groups is 1. The lowest BCUT2D eigenvalue weighted by atomic mass is 10.2. The highest BCUT2D eigenvalue weighted by molar-refractivity contribution is 7.99. The average Bonchev–Trinajstić information content (AvgIpc) is 2.81. The summed E-state index contributed by atoms with van der Waals surface area (Å²) in [4.78, 5) is 16.1. The molecule has 2 rings (SSSR count). The third-order valence-corrected chi connectivity index (χ3v) is 6.47. The van der Waals surface area contributed by atoms with Gasteiger partial charge in [-0.3, -0.25) is 4.79 Å². The third kappa shape index (κ3) is 6.27. The van der Waals surface area contributed by atoms with Crippen molar-refractivity contribution in [1.82, 2.24) is 9.29 Å². The Morgan fingerprint density at radius 3 is 2.36 bits per heavy atom. The molecule has 140 valence electrons. The fourth-order valence-electron chi connectivity index (χ4n) is 2.54. The minimum atomic E-state index is -3.49.